The van der Waals surface area contributed by atoms with E-state index in [4.69, 9.17) is 5.84 Å². The molecule has 5 N–H and O–H groups in total. The normalized spacial score (nSPS) is 28.1. The molecule has 2 heterocycles. The van der Waals surface area contributed by atoms with Crippen molar-refractivity contribution in [3.63, 3.8) is 0 Å². The summed E-state index contributed by atoms with van der Waals surface area (Å²) in [6.45, 7) is 0.975. The summed E-state index contributed by atoms with van der Waals surface area (Å²) in [5.41, 5.74) is 3.19. The van der Waals surface area contributed by atoms with Crippen LogP contribution in [0.15, 0.2) is 6.20 Å². The number of fused-ring (bicyclic) bond motifs is 3. The molecule has 2 fully saturated rings. The number of hydrazine groups is 1. The molecule has 2 aromatic rings. The van der Waals surface area contributed by atoms with Crippen LogP contribution in [0.4, 0.5) is 11.8 Å². The van der Waals surface area contributed by atoms with Gasteiger partial charge in [-0.05, 0) is 37.0 Å². The van der Waals surface area contributed by atoms with Crippen LogP contribution in [-0.4, -0.2) is 26.7 Å². The van der Waals surface area contributed by atoms with Crippen LogP contribution < -0.4 is 16.6 Å². The summed E-state index contributed by atoms with van der Waals surface area (Å²) in [5.74, 6) is 9.26. The number of nitrogens with two attached hydrogens (primary N) is 1. The van der Waals surface area contributed by atoms with Gasteiger partial charge in [0.05, 0.1) is 11.6 Å². The number of hydrogen-bond acceptors (Lipinski definition) is 6. The predicted molar refractivity (Wildman–Crippen MR) is 76.9 cm³/mol. The van der Waals surface area contributed by atoms with Crippen LogP contribution in [0.5, 0.6) is 0 Å². The molecule has 106 valence electrons. The van der Waals surface area contributed by atoms with E-state index in [0.29, 0.717) is 11.6 Å². The van der Waals surface area contributed by atoms with E-state index in [1.54, 1.807) is 6.20 Å². The quantitative estimate of drug-likeness (QED) is 0.497. The number of hydrogen-bond donors (Lipinski definition) is 4. The molecule has 7 heteroatoms. The first-order valence-corrected chi connectivity index (χ1v) is 7.25. The summed E-state index contributed by atoms with van der Waals surface area (Å²) < 4.78 is 0. The van der Waals surface area contributed by atoms with Crippen LogP contribution in [0, 0.1) is 17.8 Å². The highest BCUT2D eigenvalue weighted by Crippen LogP contribution is 2.48. The maximum Gasteiger partial charge on any atom is 0.241 e. The second-order valence-electron chi connectivity index (χ2n) is 5.99. The highest BCUT2D eigenvalue weighted by Gasteiger charge is 2.39. The van der Waals surface area contributed by atoms with Crippen molar-refractivity contribution in [2.75, 3.05) is 17.3 Å². The summed E-state index contributed by atoms with van der Waals surface area (Å²) in [4.78, 5) is 8.62. The van der Waals surface area contributed by atoms with Crippen molar-refractivity contribution in [1.29, 1.82) is 0 Å². The van der Waals surface area contributed by atoms with Gasteiger partial charge in [0.25, 0.3) is 0 Å². The van der Waals surface area contributed by atoms with Crippen molar-refractivity contribution in [2.45, 2.75) is 25.7 Å². The van der Waals surface area contributed by atoms with Crippen LogP contribution in [0.1, 0.15) is 25.7 Å². The number of nitrogens with zero attached hydrogens (tertiary/aromatic N) is 3. The Morgan fingerprint density at radius 2 is 2.25 bits per heavy atom. The summed E-state index contributed by atoms with van der Waals surface area (Å²) >= 11 is 0. The maximum atomic E-state index is 5.41. The Labute approximate surface area is 116 Å². The number of rotatable bonds is 4. The standard InChI is InChI=1S/C13H19N7/c14-19-13-17-11(10-6-16-20-12(10)18-13)15-5-9-4-7-1-2-8(9)3-7/h6-9H,1-5,14H2,(H3,15,16,17,18,19,20). The minimum Gasteiger partial charge on any atom is -0.369 e. The molecule has 2 saturated carbocycles. The monoisotopic (exact) mass is 273 g/mol. The van der Waals surface area contributed by atoms with Gasteiger partial charge < -0.3 is 5.32 Å². The molecule has 2 aliphatic rings. The first-order valence-electron chi connectivity index (χ1n) is 7.25. The fraction of sp³-hybridized carbons (Fsp3) is 0.615. The molecule has 0 amide bonds. The topological polar surface area (TPSA) is 105 Å². The van der Waals surface area contributed by atoms with E-state index in [1.807, 2.05) is 0 Å². The highest BCUT2D eigenvalue weighted by atomic mass is 15.3. The fourth-order valence-electron chi connectivity index (χ4n) is 3.89. The molecule has 2 aliphatic carbocycles. The van der Waals surface area contributed by atoms with Gasteiger partial charge in [0.15, 0.2) is 5.65 Å². The number of aromatic amines is 1. The van der Waals surface area contributed by atoms with Crippen molar-refractivity contribution in [2.24, 2.45) is 23.6 Å². The van der Waals surface area contributed by atoms with E-state index < -0.39 is 0 Å². The zero-order chi connectivity index (χ0) is 13.5. The second kappa shape index (κ2) is 4.59. The van der Waals surface area contributed by atoms with E-state index in [-0.39, 0.29) is 0 Å². The number of nitrogen functional groups attached to an aromatic ring is 1. The van der Waals surface area contributed by atoms with Gasteiger partial charge in [-0.15, -0.1) is 0 Å². The maximum absolute atomic E-state index is 5.41. The number of aromatic nitrogens is 4. The Bertz CT molecular complexity index is 622. The zero-order valence-electron chi connectivity index (χ0n) is 11.3. The molecule has 2 aromatic heterocycles. The number of H-pyrrole nitrogens is 1. The summed E-state index contributed by atoms with van der Waals surface area (Å²) in [6, 6.07) is 0. The van der Waals surface area contributed by atoms with Gasteiger partial charge >= 0.3 is 0 Å². The minimum absolute atomic E-state index is 0.400. The number of anilines is 2. The molecule has 2 bridgehead atoms. The van der Waals surface area contributed by atoms with Crippen molar-refractivity contribution < 1.29 is 0 Å². The van der Waals surface area contributed by atoms with E-state index in [2.05, 4.69) is 30.9 Å². The molecule has 0 radical (unpaired) electrons. The molecular weight excluding hydrogens is 254 g/mol. The number of nitrogens with one attached hydrogen (secondary N) is 3. The molecule has 4 rings (SSSR count). The lowest BCUT2D eigenvalue weighted by atomic mass is 9.89. The lowest BCUT2D eigenvalue weighted by molar-refractivity contribution is 0.348. The molecular formula is C13H19N7. The van der Waals surface area contributed by atoms with Crippen LogP contribution in [0.3, 0.4) is 0 Å². The molecule has 0 aromatic carbocycles. The highest BCUT2D eigenvalue weighted by molar-refractivity contribution is 5.86. The largest absolute Gasteiger partial charge is 0.369 e. The van der Waals surface area contributed by atoms with Gasteiger partial charge in [-0.25, -0.2) is 5.84 Å². The third-order valence-corrected chi connectivity index (χ3v) is 4.86. The van der Waals surface area contributed by atoms with Crippen LogP contribution in [0.25, 0.3) is 11.0 Å². The van der Waals surface area contributed by atoms with Crippen molar-refractivity contribution in [3.8, 4) is 0 Å². The van der Waals surface area contributed by atoms with Crippen molar-refractivity contribution in [1.82, 2.24) is 20.2 Å². The molecule has 3 unspecified atom stereocenters. The van der Waals surface area contributed by atoms with Gasteiger partial charge in [-0.3, -0.25) is 10.5 Å². The Morgan fingerprint density at radius 3 is 3.00 bits per heavy atom. The van der Waals surface area contributed by atoms with Gasteiger partial charge in [0, 0.05) is 6.54 Å². The molecule has 3 atom stereocenters. The van der Waals surface area contributed by atoms with Gasteiger partial charge in [0.2, 0.25) is 5.95 Å². The van der Waals surface area contributed by atoms with Gasteiger partial charge in [-0.1, -0.05) is 6.42 Å². The Balaban J connectivity index is 1.54. The zero-order valence-corrected chi connectivity index (χ0v) is 11.3. The van der Waals surface area contributed by atoms with Crippen LogP contribution in [0.2, 0.25) is 0 Å². The Morgan fingerprint density at radius 1 is 1.30 bits per heavy atom. The summed E-state index contributed by atoms with van der Waals surface area (Å²) in [7, 11) is 0. The lowest BCUT2D eigenvalue weighted by Crippen LogP contribution is -2.21. The average molecular weight is 273 g/mol. The first kappa shape index (κ1) is 11.9. The predicted octanol–water partition coefficient (Wildman–Crippen LogP) is 1.49. The first-order chi connectivity index (χ1) is 9.83. The molecule has 7 nitrogen and oxygen atoms in total. The van der Waals surface area contributed by atoms with Gasteiger partial charge in [-0.2, -0.15) is 15.1 Å². The van der Waals surface area contributed by atoms with E-state index in [9.17, 15) is 0 Å². The fourth-order valence-corrected chi connectivity index (χ4v) is 3.89. The summed E-state index contributed by atoms with van der Waals surface area (Å²) in [5, 5.41) is 11.3. The van der Waals surface area contributed by atoms with E-state index >= 15 is 0 Å². The average Bonchev–Trinajstić information content (AvgIpc) is 3.19. The lowest BCUT2D eigenvalue weighted by Gasteiger charge is -2.22. The van der Waals surface area contributed by atoms with E-state index in [1.165, 1.54) is 25.7 Å². The van der Waals surface area contributed by atoms with Crippen molar-refractivity contribution >= 4 is 22.8 Å². The minimum atomic E-state index is 0.400. The molecule has 20 heavy (non-hydrogen) atoms. The van der Waals surface area contributed by atoms with E-state index in [0.717, 1.165) is 35.5 Å². The Hall–Kier alpha value is -1.89. The third-order valence-electron chi connectivity index (χ3n) is 4.86. The molecule has 0 spiro atoms. The van der Waals surface area contributed by atoms with Gasteiger partial charge in [0.1, 0.15) is 5.82 Å². The van der Waals surface area contributed by atoms with Crippen LogP contribution >= 0.6 is 0 Å². The molecule has 0 saturated heterocycles. The Kier molecular flexibility index (Phi) is 2.73. The summed E-state index contributed by atoms with van der Waals surface area (Å²) in [6.07, 6.45) is 7.37. The molecule has 0 aliphatic heterocycles. The smallest absolute Gasteiger partial charge is 0.241 e. The second-order valence-corrected chi connectivity index (χ2v) is 5.99. The van der Waals surface area contributed by atoms with Crippen molar-refractivity contribution in [3.05, 3.63) is 6.20 Å². The van der Waals surface area contributed by atoms with Crippen LogP contribution in [-0.2, 0) is 0 Å². The SMILES string of the molecule is NNc1nc(NCC2CC3CCC2C3)c2cn[nH]c2n1. The third kappa shape index (κ3) is 1.89.